The van der Waals surface area contributed by atoms with Gasteiger partial charge < -0.3 is 15.0 Å². The fourth-order valence-corrected chi connectivity index (χ4v) is 4.36. The van der Waals surface area contributed by atoms with Crippen molar-refractivity contribution in [3.8, 4) is 0 Å². The first-order chi connectivity index (χ1) is 10.1. The first-order valence-electron chi connectivity index (χ1n) is 7.24. The third-order valence-electron chi connectivity index (χ3n) is 4.65. The van der Waals surface area contributed by atoms with Gasteiger partial charge in [0.2, 0.25) is 0 Å². The van der Waals surface area contributed by atoms with Crippen molar-refractivity contribution in [2.45, 2.75) is 43.6 Å². The van der Waals surface area contributed by atoms with E-state index in [1.54, 1.807) is 0 Å². The second-order valence-electron chi connectivity index (χ2n) is 6.45. The van der Waals surface area contributed by atoms with Crippen LogP contribution in [0, 0.1) is 3.70 Å². The number of hydrogen-bond acceptors (Lipinski definition) is 3. The Hall–Kier alpha value is -0.920. The molecule has 3 saturated carbocycles. The first kappa shape index (κ1) is 13.7. The van der Waals surface area contributed by atoms with Crippen LogP contribution >= 0.6 is 22.6 Å². The lowest BCUT2D eigenvalue weighted by molar-refractivity contribution is -0.118. The Morgan fingerprint density at radius 1 is 1.19 bits per heavy atom. The van der Waals surface area contributed by atoms with Gasteiger partial charge in [-0.25, -0.2) is 4.98 Å². The second-order valence-corrected chi connectivity index (χ2v) is 7.55. The molecule has 110 valence electrons. The number of benzene rings is 1. The lowest BCUT2D eigenvalue weighted by Crippen LogP contribution is -2.76. The van der Waals surface area contributed by atoms with Crippen LogP contribution in [0.2, 0.25) is 0 Å². The quantitative estimate of drug-likeness (QED) is 0.793. The molecule has 0 unspecified atom stereocenters. The molecular weight excluding hydrogens is 377 g/mol. The normalized spacial score (nSPS) is 29.8. The molecule has 2 aromatic rings. The molecule has 3 aliphatic rings. The van der Waals surface area contributed by atoms with Crippen LogP contribution in [-0.2, 0) is 23.5 Å². The maximum atomic E-state index is 6.18. The van der Waals surface area contributed by atoms with E-state index in [9.17, 15) is 0 Å². The van der Waals surface area contributed by atoms with Gasteiger partial charge in [0.15, 0.2) is 0 Å². The van der Waals surface area contributed by atoms with Gasteiger partial charge in [-0.1, -0.05) is 30.3 Å². The number of nitrogens with zero attached hydrogens (tertiary/aromatic N) is 2. The van der Waals surface area contributed by atoms with Crippen LogP contribution in [0.25, 0.3) is 0 Å². The summed E-state index contributed by atoms with van der Waals surface area (Å²) in [7, 11) is 0. The molecule has 0 spiro atoms. The van der Waals surface area contributed by atoms with E-state index >= 15 is 0 Å². The summed E-state index contributed by atoms with van der Waals surface area (Å²) in [6.45, 7) is 1.18. The first-order valence-corrected chi connectivity index (χ1v) is 8.31. The zero-order valence-corrected chi connectivity index (χ0v) is 13.9. The highest BCUT2D eigenvalue weighted by Crippen LogP contribution is 2.64. The van der Waals surface area contributed by atoms with Gasteiger partial charge >= 0.3 is 0 Å². The van der Waals surface area contributed by atoms with Crippen molar-refractivity contribution in [3.05, 3.63) is 51.6 Å². The summed E-state index contributed by atoms with van der Waals surface area (Å²) in [4.78, 5) is 4.62. The van der Waals surface area contributed by atoms with Gasteiger partial charge in [0.05, 0.1) is 12.1 Å². The number of halogens is 1. The molecule has 5 heteroatoms. The minimum absolute atomic E-state index is 0.109. The molecule has 3 fully saturated rings. The number of nitrogens with two attached hydrogens (primary N) is 1. The SMILES string of the molecule is NC12CC(n3cc(I)nc3COCc3ccccc3)(C1)C2. The summed E-state index contributed by atoms with van der Waals surface area (Å²) in [5.41, 5.74) is 7.71. The molecule has 21 heavy (non-hydrogen) atoms. The van der Waals surface area contributed by atoms with Crippen molar-refractivity contribution in [2.75, 3.05) is 0 Å². The van der Waals surface area contributed by atoms with Gasteiger partial charge in [-0.2, -0.15) is 0 Å². The summed E-state index contributed by atoms with van der Waals surface area (Å²) in [6, 6.07) is 10.2. The van der Waals surface area contributed by atoms with E-state index in [2.05, 4.69) is 50.5 Å². The van der Waals surface area contributed by atoms with E-state index in [-0.39, 0.29) is 11.1 Å². The Morgan fingerprint density at radius 2 is 1.90 bits per heavy atom. The van der Waals surface area contributed by atoms with Crippen molar-refractivity contribution in [3.63, 3.8) is 0 Å². The van der Waals surface area contributed by atoms with Crippen LogP contribution in [0.4, 0.5) is 0 Å². The molecule has 0 amide bonds. The van der Waals surface area contributed by atoms with Crippen LogP contribution in [0.5, 0.6) is 0 Å². The molecule has 4 nitrogen and oxygen atoms in total. The Bertz CT molecular complexity index is 648. The minimum atomic E-state index is 0.109. The van der Waals surface area contributed by atoms with Crippen molar-refractivity contribution in [1.29, 1.82) is 0 Å². The fraction of sp³-hybridized carbons (Fsp3) is 0.438. The number of imidazole rings is 1. The maximum absolute atomic E-state index is 6.18. The summed E-state index contributed by atoms with van der Waals surface area (Å²) in [5.74, 6) is 1.03. The number of aromatic nitrogens is 2. The molecule has 1 heterocycles. The molecule has 0 radical (unpaired) electrons. The molecule has 1 aromatic heterocycles. The molecule has 2 bridgehead atoms. The van der Waals surface area contributed by atoms with Gasteiger partial charge in [-0.15, -0.1) is 0 Å². The second kappa shape index (κ2) is 4.79. The number of rotatable bonds is 5. The zero-order chi connectivity index (χ0) is 14.5. The molecule has 3 aliphatic carbocycles. The van der Waals surface area contributed by atoms with Gasteiger partial charge in [0.1, 0.15) is 16.1 Å². The van der Waals surface area contributed by atoms with E-state index in [4.69, 9.17) is 10.5 Å². The Labute approximate surface area is 137 Å². The molecule has 5 rings (SSSR count). The van der Waals surface area contributed by atoms with Crippen LogP contribution in [-0.4, -0.2) is 15.1 Å². The van der Waals surface area contributed by atoms with Crippen molar-refractivity contribution >= 4 is 22.6 Å². The molecule has 1 aromatic carbocycles. The minimum Gasteiger partial charge on any atom is -0.369 e. The molecule has 0 aliphatic heterocycles. The Morgan fingerprint density at radius 3 is 2.57 bits per heavy atom. The van der Waals surface area contributed by atoms with Crippen LogP contribution in [0.3, 0.4) is 0 Å². The Kier molecular flexibility index (Phi) is 3.13. The van der Waals surface area contributed by atoms with E-state index in [1.165, 1.54) is 5.56 Å². The topological polar surface area (TPSA) is 53.1 Å². The molecule has 0 atom stereocenters. The highest BCUT2D eigenvalue weighted by molar-refractivity contribution is 14.1. The standard InChI is InChI=1S/C16H18IN3O/c17-13-6-20(16-9-15(18,10-16)11-16)14(19-13)8-21-7-12-4-2-1-3-5-12/h1-6H,7-11,18H2. The van der Waals surface area contributed by atoms with Gasteiger partial charge in [-0.3, -0.25) is 0 Å². The third kappa shape index (κ3) is 2.31. The van der Waals surface area contributed by atoms with Gasteiger partial charge in [0.25, 0.3) is 0 Å². The fourth-order valence-electron chi connectivity index (χ4n) is 3.80. The van der Waals surface area contributed by atoms with E-state index in [0.717, 1.165) is 28.8 Å². The van der Waals surface area contributed by atoms with Crippen molar-refractivity contribution < 1.29 is 4.74 Å². The van der Waals surface area contributed by atoms with Gasteiger partial charge in [-0.05, 0) is 47.4 Å². The van der Waals surface area contributed by atoms with Crippen LogP contribution in [0.15, 0.2) is 36.5 Å². The smallest absolute Gasteiger partial charge is 0.136 e. The average molecular weight is 395 g/mol. The summed E-state index contributed by atoms with van der Waals surface area (Å²) in [5, 5.41) is 0. The maximum Gasteiger partial charge on any atom is 0.136 e. The van der Waals surface area contributed by atoms with Crippen molar-refractivity contribution in [1.82, 2.24) is 9.55 Å². The highest BCUT2D eigenvalue weighted by Gasteiger charge is 2.67. The monoisotopic (exact) mass is 395 g/mol. The third-order valence-corrected chi connectivity index (χ3v) is 5.17. The summed E-state index contributed by atoms with van der Waals surface area (Å²) >= 11 is 2.27. The zero-order valence-electron chi connectivity index (χ0n) is 11.8. The lowest BCUT2D eigenvalue weighted by atomic mass is 9.44. The predicted molar refractivity (Wildman–Crippen MR) is 88.6 cm³/mol. The van der Waals surface area contributed by atoms with Crippen molar-refractivity contribution in [2.24, 2.45) is 5.73 Å². The summed E-state index contributed by atoms with van der Waals surface area (Å²) < 4.78 is 9.19. The van der Waals surface area contributed by atoms with Crippen LogP contribution < -0.4 is 5.73 Å². The molecular formula is C16H18IN3O. The van der Waals surface area contributed by atoms with Crippen LogP contribution in [0.1, 0.15) is 30.7 Å². The highest BCUT2D eigenvalue weighted by atomic mass is 127. The Balaban J connectivity index is 1.44. The predicted octanol–water partition coefficient (Wildman–Crippen LogP) is 2.79. The average Bonchev–Trinajstić information content (AvgIpc) is 2.76. The molecule has 2 N–H and O–H groups in total. The molecule has 0 saturated heterocycles. The van der Waals surface area contributed by atoms with Gasteiger partial charge in [0, 0.05) is 11.7 Å². The number of hydrogen-bond donors (Lipinski definition) is 1. The van der Waals surface area contributed by atoms with E-state index < -0.39 is 0 Å². The van der Waals surface area contributed by atoms with E-state index in [1.807, 2.05) is 18.2 Å². The summed E-state index contributed by atoms with van der Waals surface area (Å²) in [6.07, 6.45) is 5.38. The number of ether oxygens (including phenoxy) is 1. The lowest BCUT2D eigenvalue weighted by Gasteiger charge is -2.69. The largest absolute Gasteiger partial charge is 0.369 e. The van der Waals surface area contributed by atoms with E-state index in [0.29, 0.717) is 13.2 Å².